The van der Waals surface area contributed by atoms with Gasteiger partial charge in [0.2, 0.25) is 5.91 Å². The lowest BCUT2D eigenvalue weighted by atomic mass is 10.00. The van der Waals surface area contributed by atoms with Crippen molar-refractivity contribution in [2.24, 2.45) is 0 Å². The predicted molar refractivity (Wildman–Crippen MR) is 83.8 cm³/mol. The maximum Gasteiger partial charge on any atom is 0.410 e. The molecule has 2 fully saturated rings. The molecule has 0 N–H and O–H groups in total. The molecule has 4 rings (SSSR count). The number of amides is 2. The van der Waals surface area contributed by atoms with Crippen molar-refractivity contribution in [1.29, 1.82) is 0 Å². The Bertz CT molecular complexity index is 633. The maximum atomic E-state index is 12.6. The van der Waals surface area contributed by atoms with Crippen molar-refractivity contribution in [1.82, 2.24) is 14.7 Å². The van der Waals surface area contributed by atoms with E-state index in [0.717, 1.165) is 19.5 Å². The van der Waals surface area contributed by atoms with Gasteiger partial charge in [-0.3, -0.25) is 14.6 Å². The van der Waals surface area contributed by atoms with Crippen molar-refractivity contribution >= 4 is 12.0 Å². The smallest absolute Gasteiger partial charge is 0.410 e. The monoisotopic (exact) mass is 315 g/mol. The molecule has 1 atom stereocenters. The summed E-state index contributed by atoms with van der Waals surface area (Å²) in [4.78, 5) is 29.9. The van der Waals surface area contributed by atoms with Gasteiger partial charge in [-0.2, -0.15) is 0 Å². The first kappa shape index (κ1) is 14.5. The molecule has 0 radical (unpaired) electrons. The van der Waals surface area contributed by atoms with Crippen molar-refractivity contribution in [3.05, 3.63) is 35.4 Å². The van der Waals surface area contributed by atoms with Gasteiger partial charge >= 0.3 is 6.09 Å². The number of carbonyl (C=O) groups is 2. The first-order valence-corrected chi connectivity index (χ1v) is 8.21. The Balaban J connectivity index is 1.35. The average Bonchev–Trinajstić information content (AvgIpc) is 2.95. The highest BCUT2D eigenvalue weighted by atomic mass is 16.6. The summed E-state index contributed by atoms with van der Waals surface area (Å²) in [7, 11) is 0. The van der Waals surface area contributed by atoms with Gasteiger partial charge in [0.05, 0.1) is 12.6 Å². The summed E-state index contributed by atoms with van der Waals surface area (Å²) in [5, 5.41) is 0. The van der Waals surface area contributed by atoms with Gasteiger partial charge in [-0.25, -0.2) is 4.79 Å². The summed E-state index contributed by atoms with van der Waals surface area (Å²) in [6, 6.07) is 8.48. The molecule has 2 saturated heterocycles. The number of nitrogens with zero attached hydrogens (tertiary/aromatic N) is 3. The molecule has 1 aromatic rings. The predicted octanol–water partition coefficient (Wildman–Crippen LogP) is 0.708. The Morgan fingerprint density at radius 3 is 2.87 bits per heavy atom. The van der Waals surface area contributed by atoms with E-state index in [1.807, 2.05) is 4.90 Å². The molecule has 2 amide bonds. The number of cyclic esters (lactones) is 1. The standard InChI is InChI=1S/C17H21N3O3/c21-16(19-7-8-20-15(10-19)12-23-17(20)22)11-18-6-5-13-3-1-2-4-14(13)9-18/h1-4,15H,5-12H2/t15-/m0/s1. The lowest BCUT2D eigenvalue weighted by Crippen LogP contribution is -2.55. The summed E-state index contributed by atoms with van der Waals surface area (Å²) in [6.45, 7) is 4.40. The second-order valence-electron chi connectivity index (χ2n) is 6.49. The number of carbonyl (C=O) groups excluding carboxylic acids is 2. The van der Waals surface area contributed by atoms with Gasteiger partial charge in [-0.1, -0.05) is 24.3 Å². The van der Waals surface area contributed by atoms with Crippen LogP contribution in [-0.4, -0.2) is 72.1 Å². The third-order valence-electron chi connectivity index (χ3n) is 5.04. The zero-order chi connectivity index (χ0) is 15.8. The van der Waals surface area contributed by atoms with E-state index in [9.17, 15) is 9.59 Å². The third-order valence-corrected chi connectivity index (χ3v) is 5.04. The van der Waals surface area contributed by atoms with Crippen molar-refractivity contribution in [2.45, 2.75) is 19.0 Å². The molecule has 3 aliphatic rings. The summed E-state index contributed by atoms with van der Waals surface area (Å²) < 4.78 is 5.06. The van der Waals surface area contributed by atoms with E-state index < -0.39 is 0 Å². The molecule has 1 aromatic carbocycles. The minimum Gasteiger partial charge on any atom is -0.447 e. The van der Waals surface area contributed by atoms with Crippen LogP contribution in [0, 0.1) is 0 Å². The van der Waals surface area contributed by atoms with Crippen LogP contribution < -0.4 is 0 Å². The van der Waals surface area contributed by atoms with Gasteiger partial charge in [-0.15, -0.1) is 0 Å². The molecule has 122 valence electrons. The first-order valence-electron chi connectivity index (χ1n) is 8.21. The topological polar surface area (TPSA) is 53.1 Å². The van der Waals surface area contributed by atoms with E-state index in [1.54, 1.807) is 4.90 Å². The molecule has 6 nitrogen and oxygen atoms in total. The maximum absolute atomic E-state index is 12.6. The van der Waals surface area contributed by atoms with Crippen LogP contribution in [0.5, 0.6) is 0 Å². The minimum absolute atomic E-state index is 0.0299. The van der Waals surface area contributed by atoms with Gasteiger partial charge in [0, 0.05) is 32.7 Å². The molecule has 0 saturated carbocycles. The molecule has 0 bridgehead atoms. The van der Waals surface area contributed by atoms with E-state index in [-0.39, 0.29) is 18.0 Å². The molecule has 6 heteroatoms. The van der Waals surface area contributed by atoms with Crippen LogP contribution in [0.25, 0.3) is 0 Å². The molecule has 3 aliphatic heterocycles. The normalized spacial score (nSPS) is 24.2. The SMILES string of the molecule is O=C(CN1CCc2ccccc2C1)N1CCN2C(=O)OC[C@@H]2C1. The van der Waals surface area contributed by atoms with Crippen molar-refractivity contribution in [2.75, 3.05) is 39.3 Å². The zero-order valence-corrected chi connectivity index (χ0v) is 13.1. The molecule has 23 heavy (non-hydrogen) atoms. The quantitative estimate of drug-likeness (QED) is 0.806. The van der Waals surface area contributed by atoms with Crippen LogP contribution in [-0.2, 0) is 22.5 Å². The second-order valence-corrected chi connectivity index (χ2v) is 6.49. The molecule has 0 aliphatic carbocycles. The Labute approximate surface area is 135 Å². The first-order chi connectivity index (χ1) is 11.2. The van der Waals surface area contributed by atoms with Crippen molar-refractivity contribution in [3.63, 3.8) is 0 Å². The Hall–Kier alpha value is -2.08. The van der Waals surface area contributed by atoms with E-state index in [0.29, 0.717) is 32.8 Å². The van der Waals surface area contributed by atoms with Crippen LogP contribution in [0.15, 0.2) is 24.3 Å². The van der Waals surface area contributed by atoms with Gasteiger partial charge in [-0.05, 0) is 17.5 Å². The number of rotatable bonds is 2. The fourth-order valence-corrected chi connectivity index (χ4v) is 3.70. The minimum atomic E-state index is -0.241. The van der Waals surface area contributed by atoms with E-state index in [4.69, 9.17) is 4.74 Å². The number of benzene rings is 1. The Kier molecular flexibility index (Phi) is 3.69. The fourth-order valence-electron chi connectivity index (χ4n) is 3.70. The van der Waals surface area contributed by atoms with Gasteiger partial charge < -0.3 is 9.64 Å². The number of hydrogen-bond acceptors (Lipinski definition) is 4. The number of hydrogen-bond donors (Lipinski definition) is 0. The van der Waals surface area contributed by atoms with Gasteiger partial charge in [0.1, 0.15) is 6.61 Å². The van der Waals surface area contributed by atoms with E-state index in [1.165, 1.54) is 11.1 Å². The number of ether oxygens (including phenoxy) is 1. The van der Waals surface area contributed by atoms with Crippen LogP contribution in [0.1, 0.15) is 11.1 Å². The molecular formula is C17H21N3O3. The molecule has 0 spiro atoms. The van der Waals surface area contributed by atoms with E-state index in [2.05, 4.69) is 29.2 Å². The van der Waals surface area contributed by atoms with Crippen LogP contribution in [0.2, 0.25) is 0 Å². The number of fused-ring (bicyclic) bond motifs is 2. The summed E-state index contributed by atoms with van der Waals surface area (Å²) in [6.07, 6.45) is 0.761. The highest BCUT2D eigenvalue weighted by Crippen LogP contribution is 2.20. The summed E-state index contributed by atoms with van der Waals surface area (Å²) in [5.41, 5.74) is 2.72. The lowest BCUT2D eigenvalue weighted by molar-refractivity contribution is -0.134. The van der Waals surface area contributed by atoms with Crippen LogP contribution in [0.3, 0.4) is 0 Å². The molecular weight excluding hydrogens is 294 g/mol. The second kappa shape index (κ2) is 5.85. The molecule has 0 unspecified atom stereocenters. The summed E-state index contributed by atoms with van der Waals surface area (Å²) >= 11 is 0. The average molecular weight is 315 g/mol. The van der Waals surface area contributed by atoms with Gasteiger partial charge in [0.15, 0.2) is 0 Å². The molecule has 0 aromatic heterocycles. The highest BCUT2D eigenvalue weighted by molar-refractivity contribution is 5.79. The van der Waals surface area contributed by atoms with Crippen molar-refractivity contribution in [3.8, 4) is 0 Å². The largest absolute Gasteiger partial charge is 0.447 e. The zero-order valence-electron chi connectivity index (χ0n) is 13.1. The van der Waals surface area contributed by atoms with Crippen molar-refractivity contribution < 1.29 is 14.3 Å². The summed E-state index contributed by atoms with van der Waals surface area (Å²) in [5.74, 6) is 0.156. The Morgan fingerprint density at radius 1 is 1.17 bits per heavy atom. The lowest BCUT2D eigenvalue weighted by Gasteiger charge is -2.37. The Morgan fingerprint density at radius 2 is 2.00 bits per heavy atom. The van der Waals surface area contributed by atoms with Crippen LogP contribution in [0.4, 0.5) is 4.79 Å². The third kappa shape index (κ3) is 2.79. The highest BCUT2D eigenvalue weighted by Gasteiger charge is 2.38. The van der Waals surface area contributed by atoms with Crippen LogP contribution >= 0.6 is 0 Å². The number of piperazine rings is 1. The van der Waals surface area contributed by atoms with Gasteiger partial charge in [0.25, 0.3) is 0 Å². The molecule has 3 heterocycles. The fraction of sp³-hybridized carbons (Fsp3) is 0.529. The van der Waals surface area contributed by atoms with E-state index >= 15 is 0 Å².